The van der Waals surface area contributed by atoms with E-state index in [1.54, 1.807) is 0 Å². The van der Waals surface area contributed by atoms with E-state index in [0.717, 1.165) is 18.7 Å². The van der Waals surface area contributed by atoms with Crippen LogP contribution >= 0.6 is 0 Å². The van der Waals surface area contributed by atoms with E-state index in [9.17, 15) is 0 Å². The lowest BCUT2D eigenvalue weighted by atomic mass is 10.1. The third-order valence-corrected chi connectivity index (χ3v) is 3.99. The number of aryl methyl sites for hydroxylation is 1. The molecule has 1 aliphatic carbocycles. The summed E-state index contributed by atoms with van der Waals surface area (Å²) in [5, 5.41) is 3.49. The highest BCUT2D eigenvalue weighted by Crippen LogP contribution is 2.20. The van der Waals surface area contributed by atoms with Crippen LogP contribution in [0.4, 0.5) is 0 Å². The fraction of sp³-hybridized carbons (Fsp3) is 0.765. The van der Waals surface area contributed by atoms with Gasteiger partial charge in [0, 0.05) is 30.0 Å². The average molecular weight is 291 g/mol. The number of ether oxygens (including phenoxy) is 1. The van der Waals surface area contributed by atoms with Crippen molar-refractivity contribution in [2.75, 3.05) is 0 Å². The number of hydrogen-bond donors (Lipinski definition) is 1. The van der Waals surface area contributed by atoms with Gasteiger partial charge in [-0.05, 0) is 39.5 Å². The minimum absolute atomic E-state index is 0.191. The number of aromatic nitrogens is 2. The molecule has 0 bridgehead atoms. The molecule has 21 heavy (non-hydrogen) atoms. The first-order chi connectivity index (χ1) is 10.2. The summed E-state index contributed by atoms with van der Waals surface area (Å²) in [4.78, 5) is 8.83. The third kappa shape index (κ3) is 6.00. The quantitative estimate of drug-likeness (QED) is 0.667. The highest BCUT2D eigenvalue weighted by Gasteiger charge is 2.20. The van der Waals surface area contributed by atoms with Crippen molar-refractivity contribution in [3.63, 3.8) is 0 Å². The van der Waals surface area contributed by atoms with E-state index in [2.05, 4.69) is 29.1 Å². The van der Waals surface area contributed by atoms with Crippen LogP contribution in [0.1, 0.15) is 70.1 Å². The second-order valence-corrected chi connectivity index (χ2v) is 6.20. The number of nitrogens with zero attached hydrogens (tertiary/aromatic N) is 2. The molecule has 1 atom stereocenters. The predicted octanol–water partition coefficient (Wildman–Crippen LogP) is 3.77. The van der Waals surface area contributed by atoms with E-state index in [1.165, 1.54) is 44.1 Å². The number of unbranched alkanes of at least 4 members (excludes halogenated alkanes) is 3. The zero-order valence-electron chi connectivity index (χ0n) is 13.7. The van der Waals surface area contributed by atoms with Gasteiger partial charge in [0.2, 0.25) is 0 Å². The van der Waals surface area contributed by atoms with Crippen molar-refractivity contribution < 1.29 is 4.74 Å². The van der Waals surface area contributed by atoms with Gasteiger partial charge < -0.3 is 10.1 Å². The van der Waals surface area contributed by atoms with Crippen molar-refractivity contribution >= 4 is 0 Å². The Kier molecular flexibility index (Phi) is 6.43. The average Bonchev–Trinajstić information content (AvgIpc) is 3.27. The van der Waals surface area contributed by atoms with Gasteiger partial charge in [0.15, 0.2) is 0 Å². The Hall–Kier alpha value is -1.16. The molecule has 0 aliphatic heterocycles. The summed E-state index contributed by atoms with van der Waals surface area (Å²) in [6.45, 7) is 7.23. The van der Waals surface area contributed by atoms with Crippen molar-refractivity contribution in [1.82, 2.24) is 15.3 Å². The van der Waals surface area contributed by atoms with Crippen molar-refractivity contribution in [3.05, 3.63) is 17.5 Å². The third-order valence-electron chi connectivity index (χ3n) is 3.99. The normalized spacial score (nSPS) is 16.0. The van der Waals surface area contributed by atoms with Gasteiger partial charge in [0.25, 0.3) is 0 Å². The lowest BCUT2D eigenvalue weighted by molar-refractivity contribution is 0.189. The fourth-order valence-corrected chi connectivity index (χ4v) is 2.34. The summed E-state index contributed by atoms with van der Waals surface area (Å²) in [7, 11) is 0. The van der Waals surface area contributed by atoms with Crippen LogP contribution in [0.15, 0.2) is 6.20 Å². The molecule has 4 heteroatoms. The molecule has 0 radical (unpaired) electrons. The molecule has 0 aromatic carbocycles. The molecular formula is C17H29N3O. The second kappa shape index (κ2) is 8.32. The molecule has 1 unspecified atom stereocenters. The standard InChI is InChI=1S/C17H29N3O/c1-4-5-6-7-8-13(2)21-17-19-12-15(14(3)20-17)11-18-16-9-10-16/h12-13,16,18H,4-11H2,1-3H3. The molecule has 1 heterocycles. The van der Waals surface area contributed by atoms with Crippen molar-refractivity contribution in [2.45, 2.75) is 84.4 Å². The highest BCUT2D eigenvalue weighted by atomic mass is 16.5. The largest absolute Gasteiger partial charge is 0.460 e. The fourth-order valence-electron chi connectivity index (χ4n) is 2.34. The Bertz CT molecular complexity index is 432. The lowest BCUT2D eigenvalue weighted by Crippen LogP contribution is -2.18. The summed E-state index contributed by atoms with van der Waals surface area (Å²) >= 11 is 0. The van der Waals surface area contributed by atoms with Crippen LogP contribution in [0.3, 0.4) is 0 Å². The van der Waals surface area contributed by atoms with Crippen LogP contribution in [0.25, 0.3) is 0 Å². The zero-order valence-corrected chi connectivity index (χ0v) is 13.7. The van der Waals surface area contributed by atoms with Crippen molar-refractivity contribution in [2.24, 2.45) is 0 Å². The highest BCUT2D eigenvalue weighted by molar-refractivity contribution is 5.18. The van der Waals surface area contributed by atoms with Crippen LogP contribution in [0, 0.1) is 6.92 Å². The van der Waals surface area contributed by atoms with E-state index < -0.39 is 0 Å². The zero-order chi connectivity index (χ0) is 15.1. The molecule has 0 amide bonds. The molecule has 118 valence electrons. The van der Waals surface area contributed by atoms with E-state index in [-0.39, 0.29) is 6.10 Å². The van der Waals surface area contributed by atoms with Gasteiger partial charge in [-0.1, -0.05) is 26.2 Å². The molecule has 0 saturated heterocycles. The molecule has 4 nitrogen and oxygen atoms in total. The summed E-state index contributed by atoms with van der Waals surface area (Å²) in [5.74, 6) is 0. The van der Waals surface area contributed by atoms with Gasteiger partial charge in [-0.2, -0.15) is 0 Å². The molecule has 1 N–H and O–H groups in total. The molecule has 1 saturated carbocycles. The molecule has 1 fully saturated rings. The first-order valence-corrected chi connectivity index (χ1v) is 8.41. The predicted molar refractivity (Wildman–Crippen MR) is 85.5 cm³/mol. The molecule has 2 rings (SSSR count). The maximum atomic E-state index is 5.83. The van der Waals surface area contributed by atoms with Crippen LogP contribution in [0.5, 0.6) is 6.01 Å². The molecule has 1 aliphatic rings. The van der Waals surface area contributed by atoms with Crippen molar-refractivity contribution in [1.29, 1.82) is 0 Å². The minimum atomic E-state index is 0.191. The molecular weight excluding hydrogens is 262 g/mol. The van der Waals surface area contributed by atoms with Gasteiger partial charge in [0.1, 0.15) is 0 Å². The maximum Gasteiger partial charge on any atom is 0.316 e. The number of hydrogen-bond acceptors (Lipinski definition) is 4. The topological polar surface area (TPSA) is 47.0 Å². The van der Waals surface area contributed by atoms with Gasteiger partial charge in [0.05, 0.1) is 6.10 Å². The Morgan fingerprint density at radius 3 is 2.81 bits per heavy atom. The number of nitrogens with one attached hydrogen (secondary N) is 1. The van der Waals surface area contributed by atoms with Gasteiger partial charge in [-0.3, -0.25) is 0 Å². The smallest absolute Gasteiger partial charge is 0.316 e. The maximum absolute atomic E-state index is 5.83. The van der Waals surface area contributed by atoms with Crippen LogP contribution < -0.4 is 10.1 Å². The van der Waals surface area contributed by atoms with Crippen LogP contribution in [-0.2, 0) is 6.54 Å². The molecule has 1 aromatic rings. The van der Waals surface area contributed by atoms with Gasteiger partial charge in [-0.15, -0.1) is 0 Å². The Labute approximate surface area is 128 Å². The first kappa shape index (κ1) is 16.2. The summed E-state index contributed by atoms with van der Waals surface area (Å²) in [6.07, 6.45) is 10.9. The Morgan fingerprint density at radius 2 is 2.14 bits per heavy atom. The SMILES string of the molecule is CCCCCCC(C)Oc1ncc(CNC2CC2)c(C)n1. The Morgan fingerprint density at radius 1 is 1.33 bits per heavy atom. The summed E-state index contributed by atoms with van der Waals surface area (Å²) < 4.78 is 5.83. The van der Waals surface area contributed by atoms with Crippen molar-refractivity contribution in [3.8, 4) is 6.01 Å². The van der Waals surface area contributed by atoms with Gasteiger partial charge in [-0.25, -0.2) is 9.97 Å². The molecule has 1 aromatic heterocycles. The van der Waals surface area contributed by atoms with E-state index in [4.69, 9.17) is 4.74 Å². The van der Waals surface area contributed by atoms with Gasteiger partial charge >= 0.3 is 6.01 Å². The Balaban J connectivity index is 1.75. The summed E-state index contributed by atoms with van der Waals surface area (Å²) in [5.41, 5.74) is 2.19. The monoisotopic (exact) mass is 291 g/mol. The lowest BCUT2D eigenvalue weighted by Gasteiger charge is -2.14. The molecule has 0 spiro atoms. The first-order valence-electron chi connectivity index (χ1n) is 8.41. The van der Waals surface area contributed by atoms with E-state index in [0.29, 0.717) is 12.1 Å². The van der Waals surface area contributed by atoms with Crippen LogP contribution in [0.2, 0.25) is 0 Å². The minimum Gasteiger partial charge on any atom is -0.460 e. The number of rotatable bonds is 10. The summed E-state index contributed by atoms with van der Waals surface area (Å²) in [6, 6.07) is 1.23. The van der Waals surface area contributed by atoms with E-state index >= 15 is 0 Å². The van der Waals surface area contributed by atoms with E-state index in [1.807, 2.05) is 13.1 Å². The van der Waals surface area contributed by atoms with Crippen LogP contribution in [-0.4, -0.2) is 22.1 Å². The second-order valence-electron chi connectivity index (χ2n) is 6.20.